The summed E-state index contributed by atoms with van der Waals surface area (Å²) in [6, 6.07) is 54.5. The molecule has 3 aliphatic heterocycles. The topological polar surface area (TPSA) is 213 Å². The van der Waals surface area contributed by atoms with Gasteiger partial charge in [-0.2, -0.15) is 0 Å². The molecule has 3 saturated heterocycles. The van der Waals surface area contributed by atoms with E-state index in [2.05, 4.69) is 0 Å². The van der Waals surface area contributed by atoms with E-state index in [1.807, 2.05) is 0 Å². The van der Waals surface area contributed by atoms with E-state index in [1.54, 1.807) is 133 Å². The first kappa shape index (κ1) is 54.3. The highest BCUT2D eigenvalue weighted by atomic mass is 16.8. The number of esters is 6. The largest absolute Gasteiger partial charge is 0.497 e. The Kier molecular flexibility index (Phi) is 17.4. The van der Waals surface area contributed by atoms with Gasteiger partial charge >= 0.3 is 35.8 Å². The molecule has 0 bridgehead atoms. The summed E-state index contributed by atoms with van der Waals surface area (Å²) in [5, 5.41) is 0. The van der Waals surface area contributed by atoms with E-state index in [0.29, 0.717) is 11.3 Å². The molecule has 0 aromatic heterocycles. The highest BCUT2D eigenvalue weighted by molar-refractivity contribution is 5.92. The van der Waals surface area contributed by atoms with Crippen LogP contribution in [0.3, 0.4) is 0 Å². The molecule has 18 nitrogen and oxygen atoms in total. The molecule has 10 rings (SSSR count). The van der Waals surface area contributed by atoms with Crippen molar-refractivity contribution in [3.63, 3.8) is 0 Å². The first-order valence-corrected chi connectivity index (χ1v) is 25.5. The third-order valence-corrected chi connectivity index (χ3v) is 13.2. The van der Waals surface area contributed by atoms with Crippen molar-refractivity contribution < 1.29 is 85.6 Å². The third kappa shape index (κ3) is 12.9. The highest BCUT2D eigenvalue weighted by Gasteiger charge is 2.59. The van der Waals surface area contributed by atoms with Gasteiger partial charge in [0, 0.05) is 5.56 Å². The monoisotopic (exact) mass is 1080 g/mol. The van der Waals surface area contributed by atoms with Crippen molar-refractivity contribution in [3.8, 4) is 5.75 Å². The molecule has 3 aliphatic rings. The second-order valence-corrected chi connectivity index (χ2v) is 18.4. The van der Waals surface area contributed by atoms with E-state index < -0.39 is 110 Å². The SMILES string of the molecule is COc1ccc(C2OC[C@H]3O[C@@H](O[C@H]4[C@H](OC(=O)c5ccccc5)[C@@H](OC(=O)c5ccccc5)[C@H](OC(=O)c5ccccc5)O[C@@H]4COC(=O)c4ccccc4)[C@H](OC(=O)c4ccccc4)[C@@H](OC(=O)c4ccccc4)[C@@H]3O2)cc1. The van der Waals surface area contributed by atoms with Gasteiger partial charge in [-0.1, -0.05) is 121 Å². The van der Waals surface area contributed by atoms with E-state index in [0.717, 1.165) is 0 Å². The Labute approximate surface area is 458 Å². The number of hydrogen-bond acceptors (Lipinski definition) is 18. The molecule has 0 N–H and O–H groups in total. The van der Waals surface area contributed by atoms with Crippen LogP contribution in [-0.4, -0.2) is 118 Å². The van der Waals surface area contributed by atoms with Crippen molar-refractivity contribution in [1.82, 2.24) is 0 Å². The van der Waals surface area contributed by atoms with Crippen LogP contribution in [0.15, 0.2) is 206 Å². The molecule has 18 heteroatoms. The summed E-state index contributed by atoms with van der Waals surface area (Å²) < 4.78 is 75.8. The summed E-state index contributed by atoms with van der Waals surface area (Å²) in [7, 11) is 1.53. The Morgan fingerprint density at radius 1 is 0.400 bits per heavy atom. The fourth-order valence-corrected chi connectivity index (χ4v) is 9.16. The van der Waals surface area contributed by atoms with Gasteiger partial charge in [0.2, 0.25) is 12.4 Å². The number of carbonyl (C=O) groups excluding carboxylic acids is 6. The number of fused-ring (bicyclic) bond motifs is 1. The molecular weight excluding hydrogens is 1030 g/mol. The molecular formula is C62H52O18. The number of hydrogen-bond donors (Lipinski definition) is 0. The molecule has 3 heterocycles. The molecule has 408 valence electrons. The molecule has 0 amide bonds. The summed E-state index contributed by atoms with van der Waals surface area (Å²) in [5.41, 5.74) is 1.09. The predicted octanol–water partition coefficient (Wildman–Crippen LogP) is 8.56. The zero-order chi connectivity index (χ0) is 55.4. The summed E-state index contributed by atoms with van der Waals surface area (Å²) in [4.78, 5) is 85.6. The van der Waals surface area contributed by atoms with Crippen molar-refractivity contribution in [2.75, 3.05) is 20.3 Å². The van der Waals surface area contributed by atoms with Gasteiger partial charge in [0.05, 0.1) is 47.1 Å². The van der Waals surface area contributed by atoms with Crippen LogP contribution in [0.4, 0.5) is 0 Å². The molecule has 1 unspecified atom stereocenters. The summed E-state index contributed by atoms with van der Waals surface area (Å²) >= 11 is 0. The van der Waals surface area contributed by atoms with Crippen molar-refractivity contribution in [1.29, 1.82) is 0 Å². The fourth-order valence-electron chi connectivity index (χ4n) is 9.16. The summed E-state index contributed by atoms with van der Waals surface area (Å²) in [6.45, 7) is -0.924. The second-order valence-electron chi connectivity index (χ2n) is 18.4. The molecule has 7 aromatic rings. The fraction of sp³-hybridized carbons (Fsp3) is 0.226. The average molecular weight is 1090 g/mol. The lowest BCUT2D eigenvalue weighted by Gasteiger charge is -2.50. The van der Waals surface area contributed by atoms with Crippen LogP contribution in [0.2, 0.25) is 0 Å². The van der Waals surface area contributed by atoms with Crippen LogP contribution in [0, 0.1) is 0 Å². The van der Waals surface area contributed by atoms with Gasteiger partial charge in [0.15, 0.2) is 30.9 Å². The molecule has 0 saturated carbocycles. The van der Waals surface area contributed by atoms with Crippen molar-refractivity contribution >= 4 is 35.8 Å². The van der Waals surface area contributed by atoms with E-state index in [-0.39, 0.29) is 40.0 Å². The highest BCUT2D eigenvalue weighted by Crippen LogP contribution is 2.40. The van der Waals surface area contributed by atoms with Crippen LogP contribution in [0.1, 0.15) is 74.0 Å². The Morgan fingerprint density at radius 2 is 0.787 bits per heavy atom. The zero-order valence-corrected chi connectivity index (χ0v) is 42.7. The smallest absolute Gasteiger partial charge is 0.340 e. The van der Waals surface area contributed by atoms with Crippen molar-refractivity contribution in [3.05, 3.63) is 245 Å². The van der Waals surface area contributed by atoms with Crippen LogP contribution in [0.5, 0.6) is 5.75 Å². The standard InChI is InChI=1S/C62H52O18/c1-69-45-34-32-44(33-35-45)60-71-37-47-48(78-60)50(74-55(64)39-22-10-3-11-23-39)52(76-57(66)41-26-14-5-15-27-41)61(72-47)79-49-46(36-70-54(63)38-20-8-2-9-21-38)73-62(80-59(68)43-30-18-7-19-31-43)53(77-58(67)42-28-16-6-17-29-42)51(49)75-56(65)40-24-12-4-13-25-40/h2-35,46-53,60-62H,36-37H2,1H3/t46-,47-,48-,49-,50+,51+,52-,53-,60?,61+,62+/m1/s1. The Bertz CT molecular complexity index is 3210. The number of ether oxygens (including phenoxy) is 12. The van der Waals surface area contributed by atoms with Gasteiger partial charge < -0.3 is 56.8 Å². The molecule has 11 atom stereocenters. The maximum atomic E-state index is 14.6. The van der Waals surface area contributed by atoms with E-state index >= 15 is 0 Å². The van der Waals surface area contributed by atoms with Crippen LogP contribution in [-0.2, 0) is 52.1 Å². The minimum atomic E-state index is -1.91. The Balaban J connectivity index is 1.10. The van der Waals surface area contributed by atoms with Crippen LogP contribution < -0.4 is 4.74 Å². The first-order chi connectivity index (χ1) is 39.1. The zero-order valence-electron chi connectivity index (χ0n) is 42.7. The first-order valence-electron chi connectivity index (χ1n) is 25.5. The normalized spacial score (nSPS) is 24.1. The molecule has 3 fully saturated rings. The van der Waals surface area contributed by atoms with Crippen molar-refractivity contribution in [2.45, 2.75) is 67.7 Å². The quantitative estimate of drug-likeness (QED) is 0.0617. The average Bonchev–Trinajstić information content (AvgIpc) is 3.64. The van der Waals surface area contributed by atoms with Gasteiger partial charge in [-0.05, 0) is 84.9 Å². The van der Waals surface area contributed by atoms with Crippen LogP contribution >= 0.6 is 0 Å². The van der Waals surface area contributed by atoms with E-state index in [1.165, 1.54) is 79.9 Å². The predicted molar refractivity (Wildman–Crippen MR) is 280 cm³/mol. The second kappa shape index (κ2) is 25.6. The summed E-state index contributed by atoms with van der Waals surface area (Å²) in [6.07, 6.45) is -17.7. The van der Waals surface area contributed by atoms with Crippen LogP contribution in [0.25, 0.3) is 0 Å². The van der Waals surface area contributed by atoms with E-state index in [9.17, 15) is 28.8 Å². The Morgan fingerprint density at radius 3 is 1.23 bits per heavy atom. The maximum absolute atomic E-state index is 14.6. The van der Waals surface area contributed by atoms with Gasteiger partial charge in [-0.15, -0.1) is 0 Å². The lowest BCUT2D eigenvalue weighted by Crippen LogP contribution is -2.68. The number of benzene rings is 7. The molecule has 0 spiro atoms. The molecule has 80 heavy (non-hydrogen) atoms. The minimum Gasteiger partial charge on any atom is -0.497 e. The summed E-state index contributed by atoms with van der Waals surface area (Å²) in [5.74, 6) is -4.87. The van der Waals surface area contributed by atoms with Gasteiger partial charge in [0.25, 0.3) is 0 Å². The van der Waals surface area contributed by atoms with Crippen molar-refractivity contribution in [2.24, 2.45) is 0 Å². The maximum Gasteiger partial charge on any atom is 0.340 e. The Hall–Kier alpha value is -9.04. The number of rotatable bonds is 17. The lowest BCUT2D eigenvalue weighted by atomic mass is 9.95. The molecule has 0 radical (unpaired) electrons. The van der Waals surface area contributed by atoms with Gasteiger partial charge in [-0.3, -0.25) is 0 Å². The minimum absolute atomic E-state index is 0.0398. The van der Waals surface area contributed by atoms with E-state index in [4.69, 9.17) is 56.8 Å². The van der Waals surface area contributed by atoms with Gasteiger partial charge in [0.1, 0.15) is 36.8 Å². The number of carbonyl (C=O) groups is 6. The third-order valence-electron chi connectivity index (χ3n) is 13.2. The molecule has 7 aromatic carbocycles. The molecule has 0 aliphatic carbocycles. The lowest BCUT2D eigenvalue weighted by molar-refractivity contribution is -0.381. The van der Waals surface area contributed by atoms with Gasteiger partial charge in [-0.25, -0.2) is 28.8 Å². The number of methoxy groups -OCH3 is 1.